The molecule has 30 heavy (non-hydrogen) atoms. The first kappa shape index (κ1) is 21.9. The summed E-state index contributed by atoms with van der Waals surface area (Å²) in [5, 5.41) is 2.74. The molecule has 164 valence electrons. The second-order valence-electron chi connectivity index (χ2n) is 8.43. The number of rotatable bonds is 6. The molecular formula is C22H31N3O5. The van der Waals surface area contributed by atoms with Crippen LogP contribution in [0.4, 0.5) is 4.79 Å². The number of urea groups is 1. The summed E-state index contributed by atoms with van der Waals surface area (Å²) in [7, 11) is 4.79. The minimum absolute atomic E-state index is 0.159. The zero-order valence-electron chi connectivity index (χ0n) is 18.4. The van der Waals surface area contributed by atoms with Crippen LogP contribution in [0.2, 0.25) is 0 Å². The summed E-state index contributed by atoms with van der Waals surface area (Å²) >= 11 is 0. The van der Waals surface area contributed by atoms with Crippen LogP contribution in [0.1, 0.15) is 45.1 Å². The van der Waals surface area contributed by atoms with Gasteiger partial charge in [0, 0.05) is 13.1 Å². The highest BCUT2D eigenvalue weighted by molar-refractivity contribution is 6.09. The number of nitrogens with one attached hydrogen (secondary N) is 1. The Hall–Kier alpha value is -2.77. The van der Waals surface area contributed by atoms with Gasteiger partial charge in [-0.1, -0.05) is 13.0 Å². The summed E-state index contributed by atoms with van der Waals surface area (Å²) in [6.45, 7) is 3.58. The monoisotopic (exact) mass is 417 g/mol. The van der Waals surface area contributed by atoms with Crippen LogP contribution >= 0.6 is 0 Å². The molecule has 4 amide bonds. The Morgan fingerprint density at radius 3 is 2.40 bits per heavy atom. The fraction of sp³-hybridized carbons (Fsp3) is 0.591. The van der Waals surface area contributed by atoms with E-state index >= 15 is 0 Å². The smallest absolute Gasteiger partial charge is 0.325 e. The van der Waals surface area contributed by atoms with E-state index < -0.39 is 17.5 Å². The first-order chi connectivity index (χ1) is 14.2. The molecule has 1 aromatic rings. The van der Waals surface area contributed by atoms with Crippen molar-refractivity contribution in [3.8, 4) is 11.5 Å². The molecule has 1 aromatic carbocycles. The van der Waals surface area contributed by atoms with Gasteiger partial charge < -0.3 is 19.7 Å². The number of methoxy groups -OCH3 is 2. The molecule has 2 aliphatic rings. The molecule has 0 aromatic heterocycles. The number of carbonyl (C=O) groups excluding carboxylic acids is 3. The number of imide groups is 1. The van der Waals surface area contributed by atoms with E-state index in [-0.39, 0.29) is 18.5 Å². The molecule has 3 rings (SSSR count). The molecule has 1 heterocycles. The number of hydrogen-bond acceptors (Lipinski definition) is 5. The predicted molar refractivity (Wildman–Crippen MR) is 111 cm³/mol. The first-order valence-electron chi connectivity index (χ1n) is 10.3. The van der Waals surface area contributed by atoms with E-state index in [9.17, 15) is 14.4 Å². The van der Waals surface area contributed by atoms with Gasteiger partial charge in [0.1, 0.15) is 12.1 Å². The van der Waals surface area contributed by atoms with Crippen molar-refractivity contribution < 1.29 is 23.9 Å². The Morgan fingerprint density at radius 2 is 1.80 bits per heavy atom. The molecule has 0 spiro atoms. The highest BCUT2D eigenvalue weighted by Crippen LogP contribution is 2.35. The third kappa shape index (κ3) is 3.95. The second kappa shape index (κ2) is 8.53. The summed E-state index contributed by atoms with van der Waals surface area (Å²) in [6, 6.07) is 4.64. The maximum atomic E-state index is 13.2. The lowest BCUT2D eigenvalue weighted by Gasteiger charge is -2.34. The number of hydrogen-bond donors (Lipinski definition) is 1. The first-order valence-corrected chi connectivity index (χ1v) is 10.3. The van der Waals surface area contributed by atoms with Crippen molar-refractivity contribution in [2.45, 2.75) is 51.1 Å². The highest BCUT2D eigenvalue weighted by Gasteiger charge is 2.50. The number of benzene rings is 1. The molecule has 8 nitrogen and oxygen atoms in total. The van der Waals surface area contributed by atoms with Crippen LogP contribution in [-0.2, 0) is 15.1 Å². The van der Waals surface area contributed by atoms with Crippen molar-refractivity contribution >= 4 is 17.8 Å². The molecule has 1 atom stereocenters. The summed E-state index contributed by atoms with van der Waals surface area (Å²) in [5.41, 5.74) is -0.724. The van der Waals surface area contributed by atoms with Crippen molar-refractivity contribution in [3.63, 3.8) is 0 Å². The minimum Gasteiger partial charge on any atom is -0.493 e. The Kier molecular flexibility index (Phi) is 6.24. The van der Waals surface area contributed by atoms with E-state index in [1.165, 1.54) is 14.2 Å². The van der Waals surface area contributed by atoms with Crippen molar-refractivity contribution in [1.82, 2.24) is 15.1 Å². The van der Waals surface area contributed by atoms with Gasteiger partial charge in [-0.3, -0.25) is 14.5 Å². The van der Waals surface area contributed by atoms with E-state index in [0.29, 0.717) is 23.0 Å². The van der Waals surface area contributed by atoms with Gasteiger partial charge >= 0.3 is 6.03 Å². The zero-order chi connectivity index (χ0) is 22.1. The predicted octanol–water partition coefficient (Wildman–Crippen LogP) is 2.51. The van der Waals surface area contributed by atoms with Gasteiger partial charge in [-0.2, -0.15) is 0 Å². The number of likely N-dealkylation sites (N-methyl/N-ethyl adjacent to an activating group) is 1. The van der Waals surface area contributed by atoms with Crippen LogP contribution in [0.15, 0.2) is 18.2 Å². The van der Waals surface area contributed by atoms with Crippen molar-refractivity contribution in [2.75, 3.05) is 27.8 Å². The number of carbonyl (C=O) groups is 3. The molecular weight excluding hydrogens is 386 g/mol. The van der Waals surface area contributed by atoms with E-state index in [2.05, 4.69) is 12.2 Å². The molecule has 0 bridgehead atoms. The Morgan fingerprint density at radius 1 is 1.17 bits per heavy atom. The highest BCUT2D eigenvalue weighted by atomic mass is 16.5. The van der Waals surface area contributed by atoms with E-state index in [1.807, 2.05) is 0 Å². The van der Waals surface area contributed by atoms with Crippen LogP contribution in [0, 0.1) is 5.92 Å². The summed E-state index contributed by atoms with van der Waals surface area (Å²) < 4.78 is 10.6. The molecule has 1 aliphatic heterocycles. The van der Waals surface area contributed by atoms with Gasteiger partial charge in [0.15, 0.2) is 11.5 Å². The van der Waals surface area contributed by atoms with Crippen LogP contribution in [0.25, 0.3) is 0 Å². The molecule has 1 saturated carbocycles. The molecule has 0 radical (unpaired) electrons. The lowest BCUT2D eigenvalue weighted by atomic mass is 9.87. The molecule has 0 unspecified atom stereocenters. The normalized spacial score (nSPS) is 26.4. The van der Waals surface area contributed by atoms with Crippen molar-refractivity contribution in [1.29, 1.82) is 0 Å². The van der Waals surface area contributed by atoms with Gasteiger partial charge in [0.05, 0.1) is 14.2 Å². The second-order valence-corrected chi connectivity index (χ2v) is 8.43. The Labute approximate surface area is 177 Å². The molecule has 8 heteroatoms. The number of nitrogens with zero attached hydrogens (tertiary/aromatic N) is 2. The number of amides is 4. The fourth-order valence-corrected chi connectivity index (χ4v) is 4.26. The van der Waals surface area contributed by atoms with E-state index in [1.54, 1.807) is 37.1 Å². The van der Waals surface area contributed by atoms with Gasteiger partial charge in [-0.15, -0.1) is 0 Å². The summed E-state index contributed by atoms with van der Waals surface area (Å²) in [5.74, 6) is 0.974. The van der Waals surface area contributed by atoms with Gasteiger partial charge in [0.2, 0.25) is 5.91 Å². The van der Waals surface area contributed by atoms with Crippen LogP contribution in [0.3, 0.4) is 0 Å². The number of ether oxygens (including phenoxy) is 2. The van der Waals surface area contributed by atoms with Gasteiger partial charge in [0.25, 0.3) is 5.91 Å². The Balaban J connectivity index is 1.75. The summed E-state index contributed by atoms with van der Waals surface area (Å²) in [4.78, 5) is 41.3. The minimum atomic E-state index is -1.28. The molecule has 1 saturated heterocycles. The maximum absolute atomic E-state index is 13.2. The standard InChI is InChI=1S/C22H31N3O5/c1-14-6-9-16(10-7-14)24(3)19(26)13-25-20(27)22(2,23-21(25)28)15-8-11-17(29-4)18(12-15)30-5/h8,11-12,14,16H,6-7,9-10,13H2,1-5H3,(H,23,28)/t14?,16?,22-/m0/s1. The maximum Gasteiger partial charge on any atom is 0.325 e. The molecule has 2 fully saturated rings. The lowest BCUT2D eigenvalue weighted by Crippen LogP contribution is -2.47. The van der Waals surface area contributed by atoms with Crippen molar-refractivity contribution in [2.24, 2.45) is 5.92 Å². The average Bonchev–Trinajstić information content (AvgIpc) is 2.97. The van der Waals surface area contributed by atoms with Gasteiger partial charge in [-0.25, -0.2) is 4.79 Å². The van der Waals surface area contributed by atoms with E-state index in [4.69, 9.17) is 9.47 Å². The topological polar surface area (TPSA) is 88.2 Å². The fourth-order valence-electron chi connectivity index (χ4n) is 4.26. The van der Waals surface area contributed by atoms with Crippen LogP contribution in [0.5, 0.6) is 11.5 Å². The SMILES string of the molecule is COc1ccc([C@]2(C)NC(=O)N(CC(=O)N(C)C3CCC(C)CC3)C2=O)cc1OC. The third-order valence-corrected chi connectivity index (χ3v) is 6.46. The van der Waals surface area contributed by atoms with Crippen molar-refractivity contribution in [3.05, 3.63) is 23.8 Å². The zero-order valence-corrected chi connectivity index (χ0v) is 18.4. The van der Waals surface area contributed by atoms with Gasteiger partial charge in [-0.05, 0) is 56.2 Å². The van der Waals surface area contributed by atoms with Crippen LogP contribution in [-0.4, -0.2) is 61.5 Å². The lowest BCUT2D eigenvalue weighted by molar-refractivity contribution is -0.139. The quantitative estimate of drug-likeness (QED) is 0.719. The molecule has 1 N–H and O–H groups in total. The molecule has 1 aliphatic carbocycles. The Bertz CT molecular complexity index is 834. The van der Waals surface area contributed by atoms with Crippen LogP contribution < -0.4 is 14.8 Å². The van der Waals surface area contributed by atoms with E-state index in [0.717, 1.165) is 30.6 Å². The third-order valence-electron chi connectivity index (χ3n) is 6.46. The largest absolute Gasteiger partial charge is 0.493 e. The summed E-state index contributed by atoms with van der Waals surface area (Å²) in [6.07, 6.45) is 4.07. The average molecular weight is 418 g/mol.